The van der Waals surface area contributed by atoms with Crippen LogP contribution in [0.5, 0.6) is 5.75 Å². The molecular weight excluding hydrogens is 311 g/mol. The van der Waals surface area contributed by atoms with E-state index in [9.17, 15) is 13.2 Å². The second kappa shape index (κ2) is 9.94. The third kappa shape index (κ3) is 8.29. The first-order valence-electron chi connectivity index (χ1n) is 7.32. The van der Waals surface area contributed by atoms with Gasteiger partial charge in [0.2, 0.25) is 0 Å². The Hall–Kier alpha value is -1.96. The van der Waals surface area contributed by atoms with Crippen LogP contribution in [0.15, 0.2) is 29.3 Å². The Bertz CT molecular complexity index is 493. The van der Waals surface area contributed by atoms with Crippen LogP contribution in [0.2, 0.25) is 0 Å². The highest BCUT2D eigenvalue weighted by Gasteiger charge is 2.31. The van der Waals surface area contributed by atoms with Gasteiger partial charge >= 0.3 is 6.36 Å². The molecule has 0 saturated heterocycles. The fourth-order valence-corrected chi connectivity index (χ4v) is 1.80. The van der Waals surface area contributed by atoms with Crippen LogP contribution in [-0.4, -0.2) is 39.1 Å². The summed E-state index contributed by atoms with van der Waals surface area (Å²) in [5, 5.41) is 6.02. The monoisotopic (exact) mass is 333 g/mol. The van der Waals surface area contributed by atoms with Gasteiger partial charge in [-0.15, -0.1) is 13.2 Å². The lowest BCUT2D eigenvalue weighted by Gasteiger charge is -2.15. The summed E-state index contributed by atoms with van der Waals surface area (Å²) in [6.45, 7) is 4.05. The first kappa shape index (κ1) is 19.1. The van der Waals surface area contributed by atoms with E-state index in [0.29, 0.717) is 31.3 Å². The van der Waals surface area contributed by atoms with E-state index in [2.05, 4.69) is 20.4 Å². The first-order chi connectivity index (χ1) is 11.0. The molecule has 1 aromatic rings. The Morgan fingerprint density at radius 3 is 2.61 bits per heavy atom. The van der Waals surface area contributed by atoms with Crippen molar-refractivity contribution in [1.29, 1.82) is 0 Å². The van der Waals surface area contributed by atoms with Crippen molar-refractivity contribution >= 4 is 5.96 Å². The van der Waals surface area contributed by atoms with E-state index in [1.54, 1.807) is 19.2 Å². The molecule has 1 aromatic carbocycles. The van der Waals surface area contributed by atoms with Crippen LogP contribution >= 0.6 is 0 Å². The average Bonchev–Trinajstić information content (AvgIpc) is 2.50. The predicted octanol–water partition coefficient (Wildman–Crippen LogP) is 2.68. The molecule has 0 heterocycles. The number of hydrogen-bond donors (Lipinski definition) is 2. The molecular formula is C15H22F3N3O2. The minimum atomic E-state index is -4.71. The zero-order chi connectivity index (χ0) is 17.1. The SMILES string of the molecule is CCOCCCNC(=NC)NCc1ccccc1OC(F)(F)F. The van der Waals surface area contributed by atoms with Crippen LogP contribution in [0.3, 0.4) is 0 Å². The average molecular weight is 333 g/mol. The molecule has 8 heteroatoms. The van der Waals surface area contributed by atoms with Crippen LogP contribution in [-0.2, 0) is 11.3 Å². The van der Waals surface area contributed by atoms with E-state index in [1.807, 2.05) is 6.92 Å². The number of para-hydroxylation sites is 1. The van der Waals surface area contributed by atoms with Crippen molar-refractivity contribution in [2.75, 3.05) is 26.8 Å². The fraction of sp³-hybridized carbons (Fsp3) is 0.533. The topological polar surface area (TPSA) is 54.9 Å². The molecule has 0 aliphatic rings. The summed E-state index contributed by atoms with van der Waals surface area (Å²) in [7, 11) is 1.59. The molecule has 23 heavy (non-hydrogen) atoms. The van der Waals surface area contributed by atoms with E-state index in [0.717, 1.165) is 6.42 Å². The van der Waals surface area contributed by atoms with Gasteiger partial charge in [0.25, 0.3) is 0 Å². The third-order valence-corrected chi connectivity index (χ3v) is 2.83. The number of alkyl halides is 3. The molecule has 0 aliphatic heterocycles. The molecule has 0 bridgehead atoms. The first-order valence-corrected chi connectivity index (χ1v) is 7.32. The van der Waals surface area contributed by atoms with Crippen molar-refractivity contribution < 1.29 is 22.6 Å². The summed E-state index contributed by atoms with van der Waals surface area (Å²) < 4.78 is 46.3. The van der Waals surface area contributed by atoms with Gasteiger partial charge in [-0.1, -0.05) is 18.2 Å². The van der Waals surface area contributed by atoms with Crippen LogP contribution in [0, 0.1) is 0 Å². The summed E-state index contributed by atoms with van der Waals surface area (Å²) in [4.78, 5) is 4.02. The number of hydrogen-bond acceptors (Lipinski definition) is 3. The highest BCUT2D eigenvalue weighted by atomic mass is 19.4. The molecule has 0 saturated carbocycles. The lowest BCUT2D eigenvalue weighted by Crippen LogP contribution is -2.37. The molecule has 0 spiro atoms. The van der Waals surface area contributed by atoms with Crippen LogP contribution in [0.1, 0.15) is 18.9 Å². The van der Waals surface area contributed by atoms with Gasteiger partial charge in [0, 0.05) is 38.9 Å². The van der Waals surface area contributed by atoms with Crippen molar-refractivity contribution in [3.63, 3.8) is 0 Å². The predicted molar refractivity (Wildman–Crippen MR) is 82.4 cm³/mol. The maximum atomic E-state index is 12.4. The molecule has 0 radical (unpaired) electrons. The highest BCUT2D eigenvalue weighted by Crippen LogP contribution is 2.25. The quantitative estimate of drug-likeness (QED) is 0.436. The van der Waals surface area contributed by atoms with E-state index < -0.39 is 6.36 Å². The summed E-state index contributed by atoms with van der Waals surface area (Å²) in [6.07, 6.45) is -3.91. The molecule has 0 fully saturated rings. The van der Waals surface area contributed by atoms with Gasteiger partial charge < -0.3 is 20.1 Å². The van der Waals surface area contributed by atoms with Gasteiger partial charge in [0.15, 0.2) is 5.96 Å². The third-order valence-electron chi connectivity index (χ3n) is 2.83. The maximum absolute atomic E-state index is 12.4. The van der Waals surface area contributed by atoms with E-state index in [1.165, 1.54) is 12.1 Å². The Morgan fingerprint density at radius 2 is 1.96 bits per heavy atom. The normalized spacial score (nSPS) is 12.1. The molecule has 0 unspecified atom stereocenters. The number of aliphatic imine (C=N–C) groups is 1. The molecule has 5 nitrogen and oxygen atoms in total. The van der Waals surface area contributed by atoms with E-state index >= 15 is 0 Å². The molecule has 0 aromatic heterocycles. The minimum absolute atomic E-state index is 0.164. The maximum Gasteiger partial charge on any atom is 0.573 e. The summed E-state index contributed by atoms with van der Waals surface area (Å²) >= 11 is 0. The van der Waals surface area contributed by atoms with Crippen molar-refractivity contribution in [2.45, 2.75) is 26.3 Å². The standard InChI is InChI=1S/C15H22F3N3O2/c1-3-22-10-6-9-20-14(19-2)21-11-12-7-4-5-8-13(12)23-15(16,17)18/h4-5,7-8H,3,6,9-11H2,1-2H3,(H2,19,20,21). The lowest BCUT2D eigenvalue weighted by molar-refractivity contribution is -0.274. The Kier molecular flexibility index (Phi) is 8.25. The Balaban J connectivity index is 2.49. The number of rotatable bonds is 8. The van der Waals surface area contributed by atoms with Gasteiger partial charge in [0.1, 0.15) is 5.75 Å². The van der Waals surface area contributed by atoms with Crippen LogP contribution in [0.4, 0.5) is 13.2 Å². The van der Waals surface area contributed by atoms with E-state index in [-0.39, 0.29) is 12.3 Å². The number of benzene rings is 1. The van der Waals surface area contributed by atoms with Gasteiger partial charge in [0.05, 0.1) is 0 Å². The number of guanidine groups is 1. The van der Waals surface area contributed by atoms with Gasteiger partial charge in [-0.25, -0.2) is 0 Å². The zero-order valence-corrected chi connectivity index (χ0v) is 13.2. The second-order valence-corrected chi connectivity index (χ2v) is 4.56. The lowest BCUT2D eigenvalue weighted by atomic mass is 10.2. The molecule has 130 valence electrons. The molecule has 0 atom stereocenters. The summed E-state index contributed by atoms with van der Waals surface area (Å²) in [5.41, 5.74) is 0.391. The number of nitrogens with one attached hydrogen (secondary N) is 2. The molecule has 1 rings (SSSR count). The van der Waals surface area contributed by atoms with Crippen molar-refractivity contribution in [3.05, 3.63) is 29.8 Å². The Morgan fingerprint density at radius 1 is 1.22 bits per heavy atom. The number of nitrogens with zero attached hydrogens (tertiary/aromatic N) is 1. The van der Waals surface area contributed by atoms with Gasteiger partial charge in [-0.05, 0) is 19.4 Å². The minimum Gasteiger partial charge on any atom is -0.405 e. The highest BCUT2D eigenvalue weighted by molar-refractivity contribution is 5.79. The Labute approximate surface area is 133 Å². The van der Waals surface area contributed by atoms with Crippen LogP contribution < -0.4 is 15.4 Å². The molecule has 0 amide bonds. The number of ether oxygens (including phenoxy) is 2. The van der Waals surface area contributed by atoms with Crippen molar-refractivity contribution in [1.82, 2.24) is 10.6 Å². The molecule has 0 aliphatic carbocycles. The van der Waals surface area contributed by atoms with Crippen molar-refractivity contribution in [3.8, 4) is 5.75 Å². The van der Waals surface area contributed by atoms with E-state index in [4.69, 9.17) is 4.74 Å². The zero-order valence-electron chi connectivity index (χ0n) is 13.2. The second-order valence-electron chi connectivity index (χ2n) is 4.56. The fourth-order valence-electron chi connectivity index (χ4n) is 1.80. The van der Waals surface area contributed by atoms with Crippen LogP contribution in [0.25, 0.3) is 0 Å². The van der Waals surface area contributed by atoms with Gasteiger partial charge in [-0.3, -0.25) is 4.99 Å². The van der Waals surface area contributed by atoms with Crippen molar-refractivity contribution in [2.24, 2.45) is 4.99 Å². The largest absolute Gasteiger partial charge is 0.573 e. The number of halogens is 3. The molecule has 2 N–H and O–H groups in total. The summed E-state index contributed by atoms with van der Waals surface area (Å²) in [6, 6.07) is 5.99. The summed E-state index contributed by atoms with van der Waals surface area (Å²) in [5.74, 6) is 0.280. The van der Waals surface area contributed by atoms with Gasteiger partial charge in [-0.2, -0.15) is 0 Å². The smallest absolute Gasteiger partial charge is 0.405 e.